The van der Waals surface area contributed by atoms with Crippen LogP contribution in [0.2, 0.25) is 0 Å². The van der Waals surface area contributed by atoms with Crippen molar-refractivity contribution in [3.05, 3.63) is 71.5 Å². The van der Waals surface area contributed by atoms with E-state index in [0.29, 0.717) is 36.9 Å². The number of hydrogen-bond donors (Lipinski definition) is 0. The second kappa shape index (κ2) is 8.74. The number of fused-ring (bicyclic) bond motifs is 1. The summed E-state index contributed by atoms with van der Waals surface area (Å²) >= 11 is 0. The van der Waals surface area contributed by atoms with Gasteiger partial charge in [-0.3, -0.25) is 4.79 Å². The molecule has 0 bridgehead atoms. The number of hydrogen-bond acceptors (Lipinski definition) is 2. The van der Waals surface area contributed by atoms with Crippen molar-refractivity contribution in [3.8, 4) is 0 Å². The lowest BCUT2D eigenvalue weighted by atomic mass is 9.74. The molecule has 0 spiro atoms. The Kier molecular flexibility index (Phi) is 5.83. The Bertz CT molecular complexity index is 908. The Balaban J connectivity index is 1.30. The summed E-state index contributed by atoms with van der Waals surface area (Å²) in [4.78, 5) is 16.1. The smallest absolute Gasteiger partial charge is 0.229 e. The number of ether oxygens (including phenoxy) is 1. The van der Waals surface area contributed by atoms with Crippen molar-refractivity contribution in [1.29, 1.82) is 0 Å². The number of carbonyl (C=O) groups excluding carboxylic acids is 1. The monoisotopic (exact) mass is 421 g/mol. The molecule has 5 rings (SSSR count). The first-order chi connectivity index (χ1) is 15.1. The largest absolute Gasteiger partial charge is 0.381 e. The zero-order valence-corrected chi connectivity index (χ0v) is 18.1. The van der Waals surface area contributed by atoms with Gasteiger partial charge in [0.1, 0.15) is 5.82 Å². The number of rotatable bonds is 5. The van der Waals surface area contributed by atoms with Crippen LogP contribution in [0.15, 0.2) is 54.6 Å². The molecule has 3 aliphatic rings. The molecule has 3 fully saturated rings. The minimum atomic E-state index is -0.337. The van der Waals surface area contributed by atoms with Gasteiger partial charge >= 0.3 is 0 Å². The molecule has 31 heavy (non-hydrogen) atoms. The quantitative estimate of drug-likeness (QED) is 0.688. The van der Waals surface area contributed by atoms with E-state index in [1.807, 2.05) is 12.1 Å². The summed E-state index contributed by atoms with van der Waals surface area (Å²) in [6, 6.07) is 17.4. The molecule has 4 heteroatoms. The van der Waals surface area contributed by atoms with Crippen molar-refractivity contribution in [2.75, 3.05) is 26.3 Å². The van der Waals surface area contributed by atoms with Crippen LogP contribution in [0.4, 0.5) is 4.39 Å². The van der Waals surface area contributed by atoms with Gasteiger partial charge in [-0.2, -0.15) is 0 Å². The number of halogens is 1. The van der Waals surface area contributed by atoms with E-state index in [2.05, 4.69) is 29.2 Å². The molecule has 3 nitrogen and oxygen atoms in total. The van der Waals surface area contributed by atoms with Gasteiger partial charge in [-0.1, -0.05) is 42.5 Å². The van der Waals surface area contributed by atoms with Crippen molar-refractivity contribution in [3.63, 3.8) is 0 Å². The molecule has 2 aliphatic heterocycles. The zero-order valence-electron chi connectivity index (χ0n) is 18.1. The fraction of sp³-hybridized carbons (Fsp3) is 0.519. The highest BCUT2D eigenvalue weighted by Crippen LogP contribution is 2.46. The maximum absolute atomic E-state index is 13.9. The molecule has 0 aromatic heterocycles. The lowest BCUT2D eigenvalue weighted by Gasteiger charge is -2.39. The summed E-state index contributed by atoms with van der Waals surface area (Å²) in [6.07, 6.45) is 5.71. The fourth-order valence-corrected chi connectivity index (χ4v) is 6.31. The van der Waals surface area contributed by atoms with Crippen molar-refractivity contribution in [1.82, 2.24) is 4.90 Å². The zero-order chi connectivity index (χ0) is 21.3. The maximum Gasteiger partial charge on any atom is 0.229 e. The van der Waals surface area contributed by atoms with E-state index < -0.39 is 0 Å². The van der Waals surface area contributed by atoms with Gasteiger partial charge in [0.15, 0.2) is 0 Å². The molecule has 1 amide bonds. The van der Waals surface area contributed by atoms with Gasteiger partial charge in [0.05, 0.1) is 5.41 Å². The van der Waals surface area contributed by atoms with Crippen molar-refractivity contribution in [2.24, 2.45) is 23.2 Å². The average molecular weight is 422 g/mol. The summed E-state index contributed by atoms with van der Waals surface area (Å²) in [7, 11) is 0. The first-order valence-corrected chi connectivity index (χ1v) is 11.8. The van der Waals surface area contributed by atoms with E-state index in [1.54, 1.807) is 12.1 Å². The molecule has 0 radical (unpaired) electrons. The second-order valence-corrected chi connectivity index (χ2v) is 9.86. The van der Waals surface area contributed by atoms with Crippen LogP contribution in [0.5, 0.6) is 0 Å². The Hall–Kier alpha value is -2.20. The molecule has 2 saturated heterocycles. The Labute approximate surface area is 184 Å². The lowest BCUT2D eigenvalue weighted by molar-refractivity contribution is -0.147. The highest BCUT2D eigenvalue weighted by Gasteiger charge is 2.49. The van der Waals surface area contributed by atoms with Crippen molar-refractivity contribution >= 4 is 5.91 Å². The molecule has 3 atom stereocenters. The van der Waals surface area contributed by atoms with Gasteiger partial charge in [-0.25, -0.2) is 4.39 Å². The Morgan fingerprint density at radius 1 is 1.00 bits per heavy atom. The first kappa shape index (κ1) is 20.7. The number of nitrogens with zero attached hydrogens (tertiary/aromatic N) is 1. The van der Waals surface area contributed by atoms with Crippen LogP contribution in [-0.4, -0.2) is 37.1 Å². The van der Waals surface area contributed by atoms with E-state index in [0.717, 1.165) is 44.3 Å². The number of carbonyl (C=O) groups is 1. The molecule has 164 valence electrons. The summed E-state index contributed by atoms with van der Waals surface area (Å²) in [5, 5.41) is 0. The number of amides is 1. The third-order valence-electron chi connectivity index (χ3n) is 7.97. The molecule has 2 aromatic rings. The minimum Gasteiger partial charge on any atom is -0.381 e. The summed E-state index contributed by atoms with van der Waals surface area (Å²) in [5.41, 5.74) is 1.98. The van der Waals surface area contributed by atoms with Crippen LogP contribution in [0.25, 0.3) is 0 Å². The minimum absolute atomic E-state index is 0.155. The van der Waals surface area contributed by atoms with Gasteiger partial charge in [-0.15, -0.1) is 0 Å². The molecule has 1 saturated carbocycles. The molecule has 2 heterocycles. The van der Waals surface area contributed by atoms with Crippen LogP contribution >= 0.6 is 0 Å². The maximum atomic E-state index is 13.9. The van der Waals surface area contributed by atoms with E-state index in [4.69, 9.17) is 4.74 Å². The lowest BCUT2D eigenvalue weighted by Crippen LogP contribution is -2.48. The van der Waals surface area contributed by atoms with E-state index in [-0.39, 0.29) is 11.2 Å². The number of likely N-dealkylation sites (tertiary alicyclic amines) is 1. The van der Waals surface area contributed by atoms with Gasteiger partial charge in [-0.05, 0) is 79.5 Å². The Morgan fingerprint density at radius 3 is 2.55 bits per heavy atom. The van der Waals surface area contributed by atoms with Gasteiger partial charge in [0.2, 0.25) is 5.91 Å². The molecule has 1 aliphatic carbocycles. The second-order valence-electron chi connectivity index (χ2n) is 9.86. The molecule has 2 aromatic carbocycles. The van der Waals surface area contributed by atoms with Crippen molar-refractivity contribution < 1.29 is 13.9 Å². The third-order valence-corrected chi connectivity index (χ3v) is 7.97. The predicted molar refractivity (Wildman–Crippen MR) is 119 cm³/mol. The Morgan fingerprint density at radius 2 is 1.77 bits per heavy atom. The highest BCUT2D eigenvalue weighted by atomic mass is 19.1. The van der Waals surface area contributed by atoms with Gasteiger partial charge in [0.25, 0.3) is 0 Å². The summed E-state index contributed by atoms with van der Waals surface area (Å²) in [5.74, 6) is 1.86. The molecular formula is C27H32FNO2. The van der Waals surface area contributed by atoms with Crippen LogP contribution in [0.3, 0.4) is 0 Å². The van der Waals surface area contributed by atoms with E-state index in [1.165, 1.54) is 24.5 Å². The van der Waals surface area contributed by atoms with E-state index >= 15 is 0 Å². The molecule has 0 N–H and O–H groups in total. The topological polar surface area (TPSA) is 29.5 Å². The van der Waals surface area contributed by atoms with Gasteiger partial charge < -0.3 is 9.64 Å². The first-order valence-electron chi connectivity index (χ1n) is 11.8. The standard InChI is InChI=1S/C27H32FNO2/c28-24-8-4-7-21(16-24)15-22-9-10-23-18-29(19-25(22)23)26(30)27(11-13-31-14-12-27)17-20-5-2-1-3-6-20/h1-8,16,22-23,25H,9-15,17-19H2/t22-,23-,25-/m1/s1. The van der Waals surface area contributed by atoms with Crippen molar-refractivity contribution in [2.45, 2.75) is 38.5 Å². The number of benzene rings is 2. The highest BCUT2D eigenvalue weighted by molar-refractivity contribution is 5.83. The molecule has 0 unspecified atom stereocenters. The third kappa shape index (κ3) is 4.27. The fourth-order valence-electron chi connectivity index (χ4n) is 6.31. The van der Waals surface area contributed by atoms with Crippen LogP contribution in [0, 0.1) is 29.0 Å². The van der Waals surface area contributed by atoms with Crippen LogP contribution in [-0.2, 0) is 22.4 Å². The average Bonchev–Trinajstić information content (AvgIpc) is 3.37. The summed E-state index contributed by atoms with van der Waals surface area (Å²) in [6.45, 7) is 3.09. The van der Waals surface area contributed by atoms with Gasteiger partial charge in [0, 0.05) is 26.3 Å². The molecular weight excluding hydrogens is 389 g/mol. The van der Waals surface area contributed by atoms with Crippen LogP contribution < -0.4 is 0 Å². The predicted octanol–water partition coefficient (Wildman–Crippen LogP) is 4.89. The SMILES string of the molecule is O=C(N1C[C@H]2CC[C@H](Cc3cccc(F)c3)[C@H]2C1)C1(Cc2ccccc2)CCOCC1. The summed E-state index contributed by atoms with van der Waals surface area (Å²) < 4.78 is 19.3. The normalized spacial score (nSPS) is 27.3. The van der Waals surface area contributed by atoms with E-state index in [9.17, 15) is 9.18 Å². The van der Waals surface area contributed by atoms with Crippen LogP contribution in [0.1, 0.15) is 36.8 Å².